The van der Waals surface area contributed by atoms with Crippen LogP contribution in [0.15, 0.2) is 58.6 Å². The van der Waals surface area contributed by atoms with Crippen LogP contribution in [0.25, 0.3) is 16.6 Å². The molecule has 0 saturated carbocycles. The van der Waals surface area contributed by atoms with Gasteiger partial charge in [-0.05, 0) is 48.5 Å². The van der Waals surface area contributed by atoms with Gasteiger partial charge in [-0.2, -0.15) is 0 Å². The number of aromatic nitrogens is 3. The van der Waals surface area contributed by atoms with Crippen LogP contribution in [0.4, 0.5) is 5.69 Å². The third-order valence-corrected chi connectivity index (χ3v) is 5.23. The summed E-state index contributed by atoms with van der Waals surface area (Å²) in [7, 11) is 0. The van der Waals surface area contributed by atoms with Gasteiger partial charge in [0.05, 0.1) is 15.3 Å². The molecule has 0 aliphatic rings. The van der Waals surface area contributed by atoms with Crippen molar-refractivity contribution in [2.75, 3.05) is 0 Å². The van der Waals surface area contributed by atoms with Crippen molar-refractivity contribution in [3.63, 3.8) is 0 Å². The average molecular weight is 379 g/mol. The van der Waals surface area contributed by atoms with Gasteiger partial charge in [0.2, 0.25) is 11.1 Å². The summed E-state index contributed by atoms with van der Waals surface area (Å²) in [5.41, 5.74) is 7.74. The maximum absolute atomic E-state index is 11.4. The number of amides is 1. The van der Waals surface area contributed by atoms with Crippen LogP contribution in [-0.4, -0.2) is 25.4 Å². The van der Waals surface area contributed by atoms with Gasteiger partial charge in [0.15, 0.2) is 5.65 Å². The Morgan fingerprint density at radius 2 is 1.96 bits per heavy atom. The van der Waals surface area contributed by atoms with Gasteiger partial charge >= 0.3 is 0 Å². The zero-order valence-corrected chi connectivity index (χ0v) is 14.9. The van der Waals surface area contributed by atoms with E-state index in [4.69, 9.17) is 5.73 Å². The van der Waals surface area contributed by atoms with Crippen LogP contribution in [0.5, 0.6) is 0 Å². The molecule has 2 N–H and O–H groups in total. The minimum absolute atomic E-state index is 0.0817. The van der Waals surface area contributed by atoms with Gasteiger partial charge < -0.3 is 5.73 Å². The molecule has 2 aromatic carbocycles. The molecule has 0 atom stereocenters. The van der Waals surface area contributed by atoms with Crippen molar-refractivity contribution in [1.29, 1.82) is 0 Å². The van der Waals surface area contributed by atoms with E-state index < -0.39 is 10.8 Å². The van der Waals surface area contributed by atoms with Crippen LogP contribution in [0.1, 0.15) is 15.9 Å². The Hall–Kier alpha value is -3.46. The lowest BCUT2D eigenvalue weighted by molar-refractivity contribution is -0.387. The predicted octanol–water partition coefficient (Wildman–Crippen LogP) is 3.35. The van der Waals surface area contributed by atoms with Gasteiger partial charge in [0.25, 0.3) is 5.69 Å². The number of pyridine rings is 1. The summed E-state index contributed by atoms with van der Waals surface area (Å²) in [6.45, 7) is 2.00. The predicted molar refractivity (Wildman–Crippen MR) is 101 cm³/mol. The Morgan fingerprint density at radius 3 is 2.70 bits per heavy atom. The molecule has 0 spiro atoms. The summed E-state index contributed by atoms with van der Waals surface area (Å²) in [5, 5.41) is 21.4. The van der Waals surface area contributed by atoms with E-state index in [2.05, 4.69) is 10.2 Å². The lowest BCUT2D eigenvalue weighted by Gasteiger charge is -2.07. The molecule has 0 bridgehead atoms. The van der Waals surface area contributed by atoms with Gasteiger partial charge in [-0.1, -0.05) is 18.2 Å². The van der Waals surface area contributed by atoms with E-state index in [-0.39, 0.29) is 11.3 Å². The number of nitrogens with two attached hydrogens (primary N) is 1. The summed E-state index contributed by atoms with van der Waals surface area (Å²) in [4.78, 5) is 22.6. The average Bonchev–Trinajstić information content (AvgIpc) is 3.04. The third-order valence-electron chi connectivity index (χ3n) is 4.22. The van der Waals surface area contributed by atoms with E-state index in [9.17, 15) is 14.9 Å². The number of nitrogens with zero attached hydrogens (tertiary/aromatic N) is 4. The molecule has 9 heteroatoms. The minimum atomic E-state index is -0.718. The SMILES string of the molecule is Cc1cc2nnc(Sc3ccc(C(N)=O)cc3[N+](=O)[O-])n2c2ccccc12. The fraction of sp³-hybridized carbons (Fsp3) is 0.0556. The van der Waals surface area contributed by atoms with Crippen molar-refractivity contribution in [2.24, 2.45) is 5.73 Å². The van der Waals surface area contributed by atoms with E-state index in [0.29, 0.717) is 15.7 Å². The number of aryl methyl sites for hydroxylation is 1. The highest BCUT2D eigenvalue weighted by atomic mass is 32.2. The summed E-state index contributed by atoms with van der Waals surface area (Å²) >= 11 is 1.12. The van der Waals surface area contributed by atoms with Crippen LogP contribution in [0.2, 0.25) is 0 Å². The minimum Gasteiger partial charge on any atom is -0.366 e. The highest BCUT2D eigenvalue weighted by Gasteiger charge is 2.20. The number of rotatable bonds is 4. The normalized spacial score (nSPS) is 11.1. The second-order valence-electron chi connectivity index (χ2n) is 5.93. The lowest BCUT2D eigenvalue weighted by Crippen LogP contribution is -2.11. The molecule has 0 fully saturated rings. The lowest BCUT2D eigenvalue weighted by atomic mass is 10.1. The zero-order valence-electron chi connectivity index (χ0n) is 14.1. The molecule has 134 valence electrons. The number of carbonyl (C=O) groups is 1. The van der Waals surface area contributed by atoms with Crippen LogP contribution in [0.3, 0.4) is 0 Å². The summed E-state index contributed by atoms with van der Waals surface area (Å²) in [6.07, 6.45) is 0. The maximum atomic E-state index is 11.4. The molecular weight excluding hydrogens is 366 g/mol. The number of primary amides is 1. The molecule has 2 heterocycles. The number of nitro benzene ring substituents is 1. The van der Waals surface area contributed by atoms with Crippen molar-refractivity contribution in [1.82, 2.24) is 14.6 Å². The standard InChI is InChI=1S/C18H13N5O3S/c1-10-8-16-20-21-18(22(16)13-5-3-2-4-12(10)13)27-15-7-6-11(17(19)24)9-14(15)23(25)26/h2-9H,1H3,(H2,19,24). The van der Waals surface area contributed by atoms with E-state index in [1.807, 2.05) is 41.7 Å². The van der Waals surface area contributed by atoms with Crippen LogP contribution in [-0.2, 0) is 0 Å². The Labute approximate surface area is 157 Å². The molecule has 0 radical (unpaired) electrons. The number of fused-ring (bicyclic) bond motifs is 3. The summed E-state index contributed by atoms with van der Waals surface area (Å²) in [6, 6.07) is 13.9. The smallest absolute Gasteiger partial charge is 0.284 e. The van der Waals surface area contributed by atoms with Gasteiger partial charge in [-0.3, -0.25) is 19.3 Å². The molecule has 0 saturated heterocycles. The second kappa shape index (κ2) is 6.36. The number of hydrogen-bond donors (Lipinski definition) is 1. The Kier molecular flexibility index (Phi) is 4.00. The molecule has 0 aliphatic carbocycles. The molecule has 4 aromatic rings. The first-order chi connectivity index (χ1) is 13.0. The van der Waals surface area contributed by atoms with Gasteiger partial charge in [-0.25, -0.2) is 0 Å². The highest BCUT2D eigenvalue weighted by molar-refractivity contribution is 7.99. The molecule has 2 aromatic heterocycles. The van der Waals surface area contributed by atoms with Crippen LogP contribution >= 0.6 is 11.8 Å². The van der Waals surface area contributed by atoms with Crippen molar-refractivity contribution < 1.29 is 9.72 Å². The fourth-order valence-corrected chi connectivity index (χ4v) is 3.87. The molecule has 1 amide bonds. The number of benzene rings is 2. The first-order valence-electron chi connectivity index (χ1n) is 7.95. The first kappa shape index (κ1) is 17.0. The van der Waals surface area contributed by atoms with Gasteiger partial charge in [-0.15, -0.1) is 10.2 Å². The van der Waals surface area contributed by atoms with Crippen molar-refractivity contribution in [3.05, 3.63) is 69.8 Å². The van der Waals surface area contributed by atoms with Crippen molar-refractivity contribution in [2.45, 2.75) is 17.0 Å². The van der Waals surface area contributed by atoms with Crippen molar-refractivity contribution >= 4 is 39.9 Å². The van der Waals surface area contributed by atoms with Crippen molar-refractivity contribution in [3.8, 4) is 0 Å². The Bertz CT molecular complexity index is 1230. The highest BCUT2D eigenvalue weighted by Crippen LogP contribution is 2.36. The fourth-order valence-electron chi connectivity index (χ4n) is 2.94. The topological polar surface area (TPSA) is 116 Å². The Balaban J connectivity index is 1.89. The summed E-state index contributed by atoms with van der Waals surface area (Å²) in [5.74, 6) is -0.718. The molecule has 4 rings (SSSR count). The first-order valence-corrected chi connectivity index (χ1v) is 8.77. The van der Waals surface area contributed by atoms with E-state index in [0.717, 1.165) is 28.2 Å². The quantitative estimate of drug-likeness (QED) is 0.429. The number of nitro groups is 1. The maximum Gasteiger partial charge on any atom is 0.284 e. The third kappa shape index (κ3) is 2.87. The van der Waals surface area contributed by atoms with E-state index >= 15 is 0 Å². The largest absolute Gasteiger partial charge is 0.366 e. The Morgan fingerprint density at radius 1 is 1.19 bits per heavy atom. The monoisotopic (exact) mass is 379 g/mol. The summed E-state index contributed by atoms with van der Waals surface area (Å²) < 4.78 is 1.86. The van der Waals surface area contributed by atoms with E-state index in [1.165, 1.54) is 18.2 Å². The second-order valence-corrected chi connectivity index (χ2v) is 6.94. The van der Waals surface area contributed by atoms with Crippen LogP contribution in [0, 0.1) is 17.0 Å². The van der Waals surface area contributed by atoms with E-state index in [1.54, 1.807) is 0 Å². The van der Waals surface area contributed by atoms with Gasteiger partial charge in [0.1, 0.15) is 0 Å². The molecule has 0 unspecified atom stereocenters. The molecule has 27 heavy (non-hydrogen) atoms. The zero-order chi connectivity index (χ0) is 19.1. The molecular formula is C18H13N5O3S. The molecule has 8 nitrogen and oxygen atoms in total. The molecule has 0 aliphatic heterocycles. The number of carbonyl (C=O) groups excluding carboxylic acids is 1. The van der Waals surface area contributed by atoms with Gasteiger partial charge in [0, 0.05) is 17.0 Å². The van der Waals surface area contributed by atoms with Crippen LogP contribution < -0.4 is 5.73 Å². The number of hydrogen-bond acceptors (Lipinski definition) is 6. The number of para-hydroxylation sites is 1.